The summed E-state index contributed by atoms with van der Waals surface area (Å²) >= 11 is 0. The molecule has 0 aromatic carbocycles. The summed E-state index contributed by atoms with van der Waals surface area (Å²) in [5.74, 6) is 0.158. The van der Waals surface area contributed by atoms with Crippen molar-refractivity contribution >= 4 is 11.8 Å². The quantitative estimate of drug-likeness (QED) is 0.213. The van der Waals surface area contributed by atoms with Crippen molar-refractivity contribution in [3.8, 4) is 0 Å². The Hall–Kier alpha value is -1.46. The molecule has 0 amide bonds. The van der Waals surface area contributed by atoms with Gasteiger partial charge in [-0.3, -0.25) is 0 Å². The van der Waals surface area contributed by atoms with Gasteiger partial charge in [0.2, 0.25) is 5.84 Å². The van der Waals surface area contributed by atoms with E-state index in [0.717, 1.165) is 18.7 Å². The fourth-order valence-electron chi connectivity index (χ4n) is 3.76. The van der Waals surface area contributed by atoms with Gasteiger partial charge in [-0.1, -0.05) is 63.5 Å². The van der Waals surface area contributed by atoms with Crippen LogP contribution in [0.3, 0.4) is 0 Å². The minimum absolute atomic E-state index is 0.0429. The number of rotatable bonds is 17. The average Bonchev–Trinajstić information content (AvgIpc) is 3.00. The molecule has 0 fully saturated rings. The molecule has 27 heavy (non-hydrogen) atoms. The number of carboxylic acid groups (broad SMARTS) is 1. The standard InChI is InChI=1S/C22H39N3O2/c1-2-3-4-5-6-7-8-9-10-11-12-13-14-15-21-24-17-19-25(21,18-16-23)20-22(26)27/h2-3,17,19H,4-16,18,20,23H2,1H3/p+1/b3-2+. The summed E-state index contributed by atoms with van der Waals surface area (Å²) in [7, 11) is 0. The fraction of sp³-hybridized carbons (Fsp3) is 0.727. The molecule has 0 spiro atoms. The fourth-order valence-corrected chi connectivity index (χ4v) is 3.76. The van der Waals surface area contributed by atoms with Crippen LogP contribution in [0.5, 0.6) is 0 Å². The highest BCUT2D eigenvalue weighted by Crippen LogP contribution is 2.21. The topological polar surface area (TPSA) is 75.7 Å². The third-order valence-corrected chi connectivity index (χ3v) is 5.29. The second-order valence-electron chi connectivity index (χ2n) is 7.58. The number of carboxylic acids is 1. The van der Waals surface area contributed by atoms with E-state index in [-0.39, 0.29) is 6.54 Å². The third kappa shape index (κ3) is 9.87. The summed E-state index contributed by atoms with van der Waals surface area (Å²) in [4.78, 5) is 15.7. The van der Waals surface area contributed by atoms with Crippen molar-refractivity contribution in [2.45, 2.75) is 84.0 Å². The van der Waals surface area contributed by atoms with Crippen LogP contribution >= 0.6 is 0 Å². The van der Waals surface area contributed by atoms with E-state index in [0.29, 0.717) is 17.6 Å². The molecule has 5 nitrogen and oxygen atoms in total. The molecular formula is C22H40N3O2+. The molecule has 0 aliphatic carbocycles. The van der Waals surface area contributed by atoms with Gasteiger partial charge in [0.15, 0.2) is 6.54 Å². The van der Waals surface area contributed by atoms with Crippen LogP contribution in [0.25, 0.3) is 0 Å². The highest BCUT2D eigenvalue weighted by molar-refractivity contribution is 5.81. The van der Waals surface area contributed by atoms with Gasteiger partial charge in [0.1, 0.15) is 12.7 Å². The highest BCUT2D eigenvalue weighted by atomic mass is 16.4. The van der Waals surface area contributed by atoms with Gasteiger partial charge in [-0.05, 0) is 26.2 Å². The van der Waals surface area contributed by atoms with E-state index in [9.17, 15) is 9.90 Å². The van der Waals surface area contributed by atoms with E-state index in [1.165, 1.54) is 64.2 Å². The number of carbonyl (C=O) groups is 1. The van der Waals surface area contributed by atoms with Crippen LogP contribution in [0.15, 0.2) is 29.5 Å². The lowest BCUT2D eigenvalue weighted by Gasteiger charge is -2.30. The number of allylic oxidation sites excluding steroid dienone is 2. The van der Waals surface area contributed by atoms with Crippen LogP contribution < -0.4 is 5.73 Å². The van der Waals surface area contributed by atoms with Crippen LogP contribution in [-0.4, -0.2) is 41.0 Å². The molecular weight excluding hydrogens is 338 g/mol. The van der Waals surface area contributed by atoms with E-state index in [2.05, 4.69) is 24.1 Å². The summed E-state index contributed by atoms with van der Waals surface area (Å²) in [5, 5.41) is 9.22. The highest BCUT2D eigenvalue weighted by Gasteiger charge is 2.36. The Morgan fingerprint density at radius 3 is 2.22 bits per heavy atom. The molecule has 1 aliphatic heterocycles. The monoisotopic (exact) mass is 378 g/mol. The maximum absolute atomic E-state index is 11.2. The molecule has 1 atom stereocenters. The van der Waals surface area contributed by atoms with Gasteiger partial charge in [0.05, 0.1) is 6.20 Å². The Morgan fingerprint density at radius 2 is 1.67 bits per heavy atom. The van der Waals surface area contributed by atoms with Crippen LogP contribution in [0, 0.1) is 0 Å². The SMILES string of the molecule is C/C=C/CCCCCCCCCCCCC1=NC=C[N+]1(CCN)CC(=O)O. The first-order valence-corrected chi connectivity index (χ1v) is 10.8. The van der Waals surface area contributed by atoms with E-state index in [1.807, 2.05) is 6.20 Å². The number of quaternary nitrogens is 1. The Balaban J connectivity index is 2.07. The predicted molar refractivity (Wildman–Crippen MR) is 113 cm³/mol. The number of aliphatic imine (C=N–C) groups is 1. The van der Waals surface area contributed by atoms with Crippen LogP contribution in [-0.2, 0) is 4.79 Å². The minimum Gasteiger partial charge on any atom is -0.477 e. The first-order valence-electron chi connectivity index (χ1n) is 10.8. The predicted octanol–water partition coefficient (Wildman–Crippen LogP) is 4.99. The molecule has 0 aromatic rings. The van der Waals surface area contributed by atoms with Crippen molar-refractivity contribution in [1.29, 1.82) is 0 Å². The first-order chi connectivity index (χ1) is 13.1. The zero-order chi connectivity index (χ0) is 19.8. The number of amidine groups is 1. The Labute approximate surface area is 165 Å². The van der Waals surface area contributed by atoms with Crippen molar-refractivity contribution in [3.63, 3.8) is 0 Å². The van der Waals surface area contributed by atoms with E-state index >= 15 is 0 Å². The Morgan fingerprint density at radius 1 is 1.07 bits per heavy atom. The molecule has 0 radical (unpaired) electrons. The normalized spacial score (nSPS) is 19.1. The van der Waals surface area contributed by atoms with Gasteiger partial charge in [-0.15, -0.1) is 0 Å². The molecule has 1 rings (SSSR count). The second kappa shape index (κ2) is 14.6. The van der Waals surface area contributed by atoms with E-state index in [1.54, 1.807) is 6.20 Å². The van der Waals surface area contributed by atoms with Gasteiger partial charge in [0, 0.05) is 13.0 Å². The van der Waals surface area contributed by atoms with Crippen LogP contribution in [0.2, 0.25) is 0 Å². The van der Waals surface area contributed by atoms with E-state index < -0.39 is 5.97 Å². The molecule has 154 valence electrons. The molecule has 1 unspecified atom stereocenters. The smallest absolute Gasteiger partial charge is 0.360 e. The van der Waals surface area contributed by atoms with Crippen molar-refractivity contribution in [2.75, 3.05) is 19.6 Å². The van der Waals surface area contributed by atoms with Crippen molar-refractivity contribution in [1.82, 2.24) is 0 Å². The van der Waals surface area contributed by atoms with Crippen molar-refractivity contribution in [3.05, 3.63) is 24.6 Å². The second-order valence-corrected chi connectivity index (χ2v) is 7.58. The maximum atomic E-state index is 11.2. The van der Waals surface area contributed by atoms with Gasteiger partial charge in [-0.2, -0.15) is 0 Å². The number of nitrogens with zero attached hydrogens (tertiary/aromatic N) is 2. The van der Waals surface area contributed by atoms with Crippen LogP contribution in [0.4, 0.5) is 0 Å². The van der Waals surface area contributed by atoms with Gasteiger partial charge in [-0.25, -0.2) is 14.3 Å². The number of hydrogen-bond donors (Lipinski definition) is 2. The number of nitrogens with two attached hydrogens (primary N) is 1. The minimum atomic E-state index is -0.801. The zero-order valence-corrected chi connectivity index (χ0v) is 17.2. The molecule has 0 saturated carbocycles. The molecule has 1 aliphatic rings. The summed E-state index contributed by atoms with van der Waals surface area (Å²) < 4.78 is 0.305. The molecule has 3 N–H and O–H groups in total. The van der Waals surface area contributed by atoms with Gasteiger partial charge < -0.3 is 10.8 Å². The van der Waals surface area contributed by atoms with Gasteiger partial charge >= 0.3 is 5.97 Å². The Bertz CT molecular complexity index is 500. The molecule has 1 heterocycles. The molecule has 5 heteroatoms. The third-order valence-electron chi connectivity index (χ3n) is 5.29. The summed E-state index contributed by atoms with van der Waals surface area (Å²) in [6.07, 6.45) is 23.1. The molecule has 0 bridgehead atoms. The van der Waals surface area contributed by atoms with Crippen molar-refractivity contribution in [2.24, 2.45) is 10.7 Å². The van der Waals surface area contributed by atoms with Crippen molar-refractivity contribution < 1.29 is 14.4 Å². The molecule has 0 saturated heterocycles. The lowest BCUT2D eigenvalue weighted by molar-refractivity contribution is -0.778. The summed E-state index contributed by atoms with van der Waals surface area (Å²) in [6.45, 7) is 3.20. The Kier molecular flexibility index (Phi) is 12.7. The summed E-state index contributed by atoms with van der Waals surface area (Å²) in [6, 6.07) is 0. The number of aliphatic carboxylic acids is 1. The molecule has 0 aromatic heterocycles. The van der Waals surface area contributed by atoms with E-state index in [4.69, 9.17) is 5.73 Å². The zero-order valence-electron chi connectivity index (χ0n) is 17.2. The van der Waals surface area contributed by atoms with Gasteiger partial charge in [0.25, 0.3) is 0 Å². The average molecular weight is 379 g/mol. The van der Waals surface area contributed by atoms with Crippen LogP contribution in [0.1, 0.15) is 84.0 Å². The number of hydrogen-bond acceptors (Lipinski definition) is 3. The summed E-state index contributed by atoms with van der Waals surface area (Å²) in [5.41, 5.74) is 5.71. The lowest BCUT2D eigenvalue weighted by atomic mass is 10.0. The lowest BCUT2D eigenvalue weighted by Crippen LogP contribution is -2.52. The maximum Gasteiger partial charge on any atom is 0.360 e. The largest absolute Gasteiger partial charge is 0.477 e. The first kappa shape index (κ1) is 23.6. The number of unbranched alkanes of at least 4 members (excludes halogenated alkanes) is 10.